The van der Waals surface area contributed by atoms with E-state index in [0.717, 1.165) is 11.4 Å². The van der Waals surface area contributed by atoms with Crippen LogP contribution in [0.4, 0.5) is 34.1 Å². The highest BCUT2D eigenvalue weighted by atomic mass is 15.2. The third-order valence-electron chi connectivity index (χ3n) is 11.5. The number of hydrogen-bond donors (Lipinski definition) is 0. The molecule has 0 unspecified atom stereocenters. The highest BCUT2D eigenvalue weighted by molar-refractivity contribution is 6.23. The Balaban J connectivity index is 1.54. The predicted molar refractivity (Wildman–Crippen MR) is 230 cm³/mol. The number of benzene rings is 7. The van der Waals surface area contributed by atoms with Gasteiger partial charge in [-0.1, -0.05) is 128 Å². The molecule has 266 valence electrons. The molecule has 0 N–H and O–H groups in total. The fourth-order valence-corrected chi connectivity index (χ4v) is 8.34. The molecule has 2 heteroatoms. The van der Waals surface area contributed by atoms with Crippen LogP contribution >= 0.6 is 0 Å². The number of fused-ring (bicyclic) bond motifs is 2. The molecule has 0 amide bonds. The van der Waals surface area contributed by atoms with E-state index in [1.165, 1.54) is 110 Å². The van der Waals surface area contributed by atoms with Crippen LogP contribution in [0.3, 0.4) is 0 Å². The van der Waals surface area contributed by atoms with E-state index in [2.05, 4.69) is 185 Å². The van der Waals surface area contributed by atoms with E-state index < -0.39 is 0 Å². The highest BCUT2D eigenvalue weighted by Gasteiger charge is 2.27. The Morgan fingerprint density at radius 3 is 1.19 bits per heavy atom. The van der Waals surface area contributed by atoms with E-state index in [9.17, 15) is 0 Å². The monoisotopic (exact) mass is 692 g/mol. The first-order valence-corrected chi connectivity index (χ1v) is 19.7. The Morgan fingerprint density at radius 1 is 0.415 bits per heavy atom. The molecule has 0 aliphatic heterocycles. The summed E-state index contributed by atoms with van der Waals surface area (Å²) in [5.41, 5.74) is 15.0. The van der Waals surface area contributed by atoms with Gasteiger partial charge in [-0.05, 0) is 124 Å². The van der Waals surface area contributed by atoms with Gasteiger partial charge >= 0.3 is 0 Å². The van der Waals surface area contributed by atoms with E-state index in [4.69, 9.17) is 0 Å². The van der Waals surface area contributed by atoms with Crippen LogP contribution in [-0.2, 0) is 0 Å². The third-order valence-corrected chi connectivity index (χ3v) is 11.5. The lowest BCUT2D eigenvalue weighted by atomic mass is 9.82. The molecule has 0 radical (unpaired) electrons. The van der Waals surface area contributed by atoms with Crippen molar-refractivity contribution in [3.8, 4) is 0 Å². The zero-order chi connectivity index (χ0) is 36.6. The molecule has 8 rings (SSSR count). The van der Waals surface area contributed by atoms with Gasteiger partial charge in [-0.25, -0.2) is 0 Å². The van der Waals surface area contributed by atoms with Crippen molar-refractivity contribution in [2.75, 3.05) is 9.80 Å². The smallest absolute Gasteiger partial charge is 0.0620 e. The van der Waals surface area contributed by atoms with Crippen molar-refractivity contribution >= 4 is 55.7 Å². The molecule has 1 saturated carbocycles. The fraction of sp³-hybridized carbons (Fsp3) is 0.255. The summed E-state index contributed by atoms with van der Waals surface area (Å²) < 4.78 is 0. The standard InChI is InChI=1S/C51H52N2/c1-34(2)40-20-30-46-48(32-40)50(52(42-22-12-35(3)13-23-42)43-24-14-36(4)15-25-43)47-31-21-41(39-10-8-7-9-11-39)33-49(47)51(46)53(44-26-16-37(5)17-27-44)45-28-18-38(6)19-29-45/h12-34,39H,7-11H2,1-6H3. The van der Waals surface area contributed by atoms with Crippen molar-refractivity contribution in [2.45, 2.75) is 85.5 Å². The molecule has 0 saturated heterocycles. The molecule has 53 heavy (non-hydrogen) atoms. The molecule has 1 aliphatic carbocycles. The SMILES string of the molecule is Cc1ccc(N(c2ccc(C)cc2)c2c3ccc(C4CCCCC4)cc3c(N(c3ccc(C)cc3)c3ccc(C)cc3)c3ccc(C(C)C)cc23)cc1. The fourth-order valence-electron chi connectivity index (χ4n) is 8.34. The third kappa shape index (κ3) is 6.84. The minimum absolute atomic E-state index is 0.387. The van der Waals surface area contributed by atoms with Crippen LogP contribution in [0.5, 0.6) is 0 Å². The van der Waals surface area contributed by atoms with Gasteiger partial charge in [-0.3, -0.25) is 0 Å². The number of nitrogens with zero attached hydrogens (tertiary/aromatic N) is 2. The molecule has 0 spiro atoms. The van der Waals surface area contributed by atoms with Gasteiger partial charge in [-0.15, -0.1) is 0 Å². The van der Waals surface area contributed by atoms with E-state index >= 15 is 0 Å². The average molecular weight is 693 g/mol. The topological polar surface area (TPSA) is 6.48 Å². The first-order valence-electron chi connectivity index (χ1n) is 19.7. The van der Waals surface area contributed by atoms with Gasteiger partial charge in [0.25, 0.3) is 0 Å². The lowest BCUT2D eigenvalue weighted by Gasteiger charge is -2.34. The Bertz CT molecular complexity index is 2270. The first-order chi connectivity index (χ1) is 25.7. The summed E-state index contributed by atoms with van der Waals surface area (Å²) in [6.45, 7) is 13.3. The van der Waals surface area contributed by atoms with Crippen LogP contribution in [0.2, 0.25) is 0 Å². The molecule has 1 fully saturated rings. The molecular weight excluding hydrogens is 641 g/mol. The van der Waals surface area contributed by atoms with Crippen LogP contribution in [-0.4, -0.2) is 0 Å². The molecular formula is C51H52N2. The molecule has 0 aromatic heterocycles. The Morgan fingerprint density at radius 2 is 0.792 bits per heavy atom. The second-order valence-corrected chi connectivity index (χ2v) is 15.8. The predicted octanol–water partition coefficient (Wildman–Crippen LogP) is 15.3. The summed E-state index contributed by atoms with van der Waals surface area (Å²) in [4.78, 5) is 5.04. The van der Waals surface area contributed by atoms with Crippen LogP contribution in [0.25, 0.3) is 21.5 Å². The molecule has 7 aromatic rings. The van der Waals surface area contributed by atoms with Crippen molar-refractivity contribution in [3.05, 3.63) is 167 Å². The normalized spacial score (nSPS) is 13.6. The largest absolute Gasteiger partial charge is 0.309 e. The number of anilines is 6. The number of hydrogen-bond acceptors (Lipinski definition) is 2. The van der Waals surface area contributed by atoms with Crippen LogP contribution in [0.1, 0.15) is 91.2 Å². The molecule has 1 aliphatic rings. The number of aryl methyl sites for hydroxylation is 4. The second-order valence-electron chi connectivity index (χ2n) is 15.8. The van der Waals surface area contributed by atoms with Gasteiger partial charge in [0, 0.05) is 44.3 Å². The van der Waals surface area contributed by atoms with Crippen LogP contribution < -0.4 is 9.80 Å². The van der Waals surface area contributed by atoms with E-state index in [1.807, 2.05) is 0 Å². The van der Waals surface area contributed by atoms with E-state index in [-0.39, 0.29) is 0 Å². The van der Waals surface area contributed by atoms with Crippen molar-refractivity contribution in [1.82, 2.24) is 0 Å². The Hall–Kier alpha value is -5.34. The summed E-state index contributed by atoms with van der Waals surface area (Å²) in [5.74, 6) is 0.971. The minimum Gasteiger partial charge on any atom is -0.309 e. The zero-order valence-corrected chi connectivity index (χ0v) is 32.3. The van der Waals surface area contributed by atoms with Gasteiger partial charge in [0.05, 0.1) is 11.4 Å². The summed E-state index contributed by atoms with van der Waals surface area (Å²) in [5, 5.41) is 5.06. The van der Waals surface area contributed by atoms with Gasteiger partial charge in [0.2, 0.25) is 0 Å². The van der Waals surface area contributed by atoms with Crippen molar-refractivity contribution in [3.63, 3.8) is 0 Å². The van der Waals surface area contributed by atoms with E-state index in [1.54, 1.807) is 0 Å². The summed E-state index contributed by atoms with van der Waals surface area (Å²) in [7, 11) is 0. The van der Waals surface area contributed by atoms with Gasteiger partial charge in [0.15, 0.2) is 0 Å². The zero-order valence-electron chi connectivity index (χ0n) is 32.3. The Labute approximate surface area is 316 Å². The summed E-state index contributed by atoms with van der Waals surface area (Å²) in [6.07, 6.45) is 6.49. The van der Waals surface area contributed by atoms with Crippen molar-refractivity contribution in [2.24, 2.45) is 0 Å². The lowest BCUT2D eigenvalue weighted by Crippen LogP contribution is -2.15. The van der Waals surface area contributed by atoms with Gasteiger partial charge in [0.1, 0.15) is 0 Å². The molecule has 2 nitrogen and oxygen atoms in total. The molecule has 0 atom stereocenters. The van der Waals surface area contributed by atoms with Gasteiger partial charge < -0.3 is 9.80 Å². The van der Waals surface area contributed by atoms with Gasteiger partial charge in [-0.2, -0.15) is 0 Å². The van der Waals surface area contributed by atoms with E-state index in [0.29, 0.717) is 11.8 Å². The minimum atomic E-state index is 0.387. The average Bonchev–Trinajstić information content (AvgIpc) is 3.18. The summed E-state index contributed by atoms with van der Waals surface area (Å²) in [6, 6.07) is 51.0. The maximum atomic E-state index is 2.57. The van der Waals surface area contributed by atoms with Crippen LogP contribution in [0, 0.1) is 27.7 Å². The lowest BCUT2D eigenvalue weighted by molar-refractivity contribution is 0.444. The van der Waals surface area contributed by atoms with Crippen molar-refractivity contribution < 1.29 is 0 Å². The highest BCUT2D eigenvalue weighted by Crippen LogP contribution is 2.52. The van der Waals surface area contributed by atoms with Crippen LogP contribution in [0.15, 0.2) is 133 Å². The Kier molecular flexibility index (Phi) is 9.56. The second kappa shape index (κ2) is 14.6. The quantitative estimate of drug-likeness (QED) is 0.116. The van der Waals surface area contributed by atoms with Crippen molar-refractivity contribution in [1.29, 1.82) is 0 Å². The molecule has 7 aromatic carbocycles. The molecule has 0 bridgehead atoms. The molecule has 0 heterocycles. The maximum absolute atomic E-state index is 2.57. The maximum Gasteiger partial charge on any atom is 0.0620 e. The number of rotatable bonds is 8. The first kappa shape index (κ1) is 34.7. The summed E-state index contributed by atoms with van der Waals surface area (Å²) >= 11 is 0.